The summed E-state index contributed by atoms with van der Waals surface area (Å²) in [4.78, 5) is 12.4. The number of carbonyl (C=O) groups is 1. The van der Waals surface area contributed by atoms with E-state index >= 15 is 0 Å². The van der Waals surface area contributed by atoms with Crippen molar-refractivity contribution in [1.82, 2.24) is 5.43 Å². The van der Waals surface area contributed by atoms with Gasteiger partial charge in [0.15, 0.2) is 0 Å². The highest BCUT2D eigenvalue weighted by Crippen LogP contribution is 2.21. The fourth-order valence-corrected chi connectivity index (χ4v) is 2.80. The van der Waals surface area contributed by atoms with Gasteiger partial charge in [0, 0.05) is 11.3 Å². The molecule has 0 bridgehead atoms. The third kappa shape index (κ3) is 5.45. The first-order chi connectivity index (χ1) is 13.0. The van der Waals surface area contributed by atoms with E-state index in [1.807, 2.05) is 45.0 Å². The summed E-state index contributed by atoms with van der Waals surface area (Å²) in [6.07, 6.45) is 4.36. The topological polar surface area (TPSA) is 73.7 Å². The monoisotopic (exact) mass is 365 g/mol. The van der Waals surface area contributed by atoms with Gasteiger partial charge >= 0.3 is 0 Å². The molecule has 0 heterocycles. The first-order valence-corrected chi connectivity index (χ1v) is 9.04. The average molecular weight is 365 g/mol. The second kappa shape index (κ2) is 9.57. The van der Waals surface area contributed by atoms with Crippen LogP contribution in [0.3, 0.4) is 0 Å². The molecule has 2 aromatic carbocycles. The number of hydrogen-bond acceptors (Lipinski definition) is 4. The van der Waals surface area contributed by atoms with Gasteiger partial charge in [0.05, 0.1) is 6.21 Å². The number of allylic oxidation sites excluding steroid dienone is 1. The highest BCUT2D eigenvalue weighted by atomic mass is 16.3. The van der Waals surface area contributed by atoms with E-state index in [1.165, 1.54) is 11.8 Å². The second-order valence-electron chi connectivity index (χ2n) is 6.51. The van der Waals surface area contributed by atoms with Crippen molar-refractivity contribution in [3.05, 3.63) is 71.3 Å². The minimum absolute atomic E-state index is 0.149. The highest BCUT2D eigenvalue weighted by molar-refractivity contribution is 5.88. The molecule has 0 aliphatic heterocycles. The largest absolute Gasteiger partial charge is 0.507 e. The summed E-state index contributed by atoms with van der Waals surface area (Å²) in [7, 11) is 0. The van der Waals surface area contributed by atoms with Gasteiger partial charge in [0.25, 0.3) is 5.91 Å². The van der Waals surface area contributed by atoms with Gasteiger partial charge in [-0.2, -0.15) is 5.10 Å². The number of anilines is 1. The first-order valence-electron chi connectivity index (χ1n) is 9.04. The number of benzene rings is 2. The fourth-order valence-electron chi connectivity index (χ4n) is 2.80. The summed E-state index contributed by atoms with van der Waals surface area (Å²) >= 11 is 0. The number of nitrogens with one attached hydrogen (secondary N) is 2. The molecule has 0 fully saturated rings. The lowest BCUT2D eigenvalue weighted by Gasteiger charge is -2.18. The average Bonchev–Trinajstić information content (AvgIpc) is 2.64. The zero-order chi connectivity index (χ0) is 19.8. The van der Waals surface area contributed by atoms with Gasteiger partial charge < -0.3 is 10.4 Å². The number of carbonyl (C=O) groups excluding carboxylic acids is 1. The van der Waals surface area contributed by atoms with Gasteiger partial charge in [-0.25, -0.2) is 5.43 Å². The summed E-state index contributed by atoms with van der Waals surface area (Å²) in [5.74, 6) is -0.0775. The first kappa shape index (κ1) is 20.2. The van der Waals surface area contributed by atoms with E-state index in [0.29, 0.717) is 18.4 Å². The number of nitrogens with zero attached hydrogens (tertiary/aromatic N) is 1. The van der Waals surface area contributed by atoms with Crippen molar-refractivity contribution in [1.29, 1.82) is 0 Å². The summed E-state index contributed by atoms with van der Waals surface area (Å²) in [6.45, 7) is 9.66. The third-order valence-corrected chi connectivity index (χ3v) is 4.33. The maximum atomic E-state index is 12.4. The normalized spacial score (nSPS) is 12.0. The smallest absolute Gasteiger partial charge is 0.262 e. The van der Waals surface area contributed by atoms with E-state index in [1.54, 1.807) is 12.1 Å². The number of aromatic hydroxyl groups is 1. The van der Waals surface area contributed by atoms with Gasteiger partial charge in [0.2, 0.25) is 0 Å². The van der Waals surface area contributed by atoms with E-state index in [9.17, 15) is 9.90 Å². The van der Waals surface area contributed by atoms with E-state index < -0.39 is 6.04 Å². The molecule has 1 amide bonds. The minimum atomic E-state index is -0.399. The Hall–Kier alpha value is -3.08. The van der Waals surface area contributed by atoms with Crippen LogP contribution in [0.15, 0.2) is 54.2 Å². The quantitative estimate of drug-likeness (QED) is 0.375. The van der Waals surface area contributed by atoms with E-state index in [0.717, 1.165) is 16.8 Å². The van der Waals surface area contributed by atoms with Crippen LogP contribution in [0.4, 0.5) is 5.69 Å². The predicted octanol–water partition coefficient (Wildman–Crippen LogP) is 4.08. The van der Waals surface area contributed by atoms with Crippen molar-refractivity contribution in [3.8, 4) is 5.75 Å². The molecule has 0 saturated heterocycles. The van der Waals surface area contributed by atoms with Crippen molar-refractivity contribution >= 4 is 17.8 Å². The van der Waals surface area contributed by atoms with Gasteiger partial charge in [-0.3, -0.25) is 4.79 Å². The van der Waals surface area contributed by atoms with Crippen molar-refractivity contribution in [2.24, 2.45) is 5.10 Å². The Kier molecular flexibility index (Phi) is 7.17. The van der Waals surface area contributed by atoms with Crippen LogP contribution in [0.25, 0.3) is 0 Å². The molecule has 2 rings (SSSR count). The van der Waals surface area contributed by atoms with Crippen molar-refractivity contribution in [2.45, 2.75) is 39.7 Å². The Morgan fingerprint density at radius 3 is 2.74 bits per heavy atom. The van der Waals surface area contributed by atoms with Crippen LogP contribution < -0.4 is 10.7 Å². The summed E-state index contributed by atoms with van der Waals surface area (Å²) in [5.41, 5.74) is 7.06. The SMILES string of the molecule is C=CCc1cccc(/C=N/NC(=O)C(CC)Nc2ccc(C)cc2C)c1O. The number of para-hydroxylation sites is 1. The Balaban J connectivity index is 2.03. The van der Waals surface area contributed by atoms with E-state index in [-0.39, 0.29) is 11.7 Å². The standard InChI is InChI=1S/C22H27N3O2/c1-5-8-17-9-7-10-18(21(17)26)14-23-25-22(27)19(6-2)24-20-12-11-15(3)13-16(20)4/h5,7,9-14,19,24,26H,1,6,8H2,2-4H3,(H,25,27)/b23-14+. The molecule has 2 aromatic rings. The van der Waals surface area contributed by atoms with Crippen LogP contribution in [-0.4, -0.2) is 23.3 Å². The van der Waals surface area contributed by atoms with Gasteiger partial charge in [-0.15, -0.1) is 6.58 Å². The fraction of sp³-hybridized carbons (Fsp3) is 0.273. The van der Waals surface area contributed by atoms with Crippen LogP contribution in [0.2, 0.25) is 0 Å². The molecule has 0 aliphatic rings. The molecule has 5 nitrogen and oxygen atoms in total. The van der Waals surface area contributed by atoms with Crippen molar-refractivity contribution < 1.29 is 9.90 Å². The maximum absolute atomic E-state index is 12.4. The van der Waals surface area contributed by atoms with Crippen molar-refractivity contribution in [3.63, 3.8) is 0 Å². The summed E-state index contributed by atoms with van der Waals surface area (Å²) < 4.78 is 0. The van der Waals surface area contributed by atoms with Crippen LogP contribution >= 0.6 is 0 Å². The molecule has 3 N–H and O–H groups in total. The molecule has 0 saturated carbocycles. The van der Waals surface area contributed by atoms with E-state index in [2.05, 4.69) is 28.5 Å². The Morgan fingerprint density at radius 2 is 2.07 bits per heavy atom. The molecule has 27 heavy (non-hydrogen) atoms. The molecule has 0 radical (unpaired) electrons. The molecule has 142 valence electrons. The Bertz CT molecular complexity index is 843. The summed E-state index contributed by atoms with van der Waals surface area (Å²) in [6, 6.07) is 11.1. The molecular weight excluding hydrogens is 338 g/mol. The van der Waals surface area contributed by atoms with Gasteiger partial charge in [0.1, 0.15) is 11.8 Å². The van der Waals surface area contributed by atoms with Crippen molar-refractivity contribution in [2.75, 3.05) is 5.32 Å². The third-order valence-electron chi connectivity index (χ3n) is 4.33. The zero-order valence-electron chi connectivity index (χ0n) is 16.1. The Labute approximate surface area is 160 Å². The van der Waals surface area contributed by atoms with Crippen LogP contribution in [0, 0.1) is 13.8 Å². The zero-order valence-corrected chi connectivity index (χ0v) is 16.1. The lowest BCUT2D eigenvalue weighted by molar-refractivity contribution is -0.121. The summed E-state index contributed by atoms with van der Waals surface area (Å²) in [5, 5.41) is 17.5. The maximum Gasteiger partial charge on any atom is 0.262 e. The number of aryl methyl sites for hydroxylation is 2. The number of hydrogen-bond donors (Lipinski definition) is 3. The van der Waals surface area contributed by atoms with Gasteiger partial charge in [-0.1, -0.05) is 42.8 Å². The molecule has 1 unspecified atom stereocenters. The lowest BCUT2D eigenvalue weighted by Crippen LogP contribution is -2.37. The molecule has 5 heteroatoms. The molecule has 0 spiro atoms. The predicted molar refractivity (Wildman–Crippen MR) is 111 cm³/mol. The van der Waals surface area contributed by atoms with Crippen LogP contribution in [0.5, 0.6) is 5.75 Å². The van der Waals surface area contributed by atoms with Crippen LogP contribution in [0.1, 0.15) is 35.6 Å². The molecular formula is C22H27N3O2. The number of hydrazone groups is 1. The molecule has 0 aromatic heterocycles. The number of phenols is 1. The molecule has 1 atom stereocenters. The minimum Gasteiger partial charge on any atom is -0.507 e. The number of phenolic OH excluding ortho intramolecular Hbond substituents is 1. The highest BCUT2D eigenvalue weighted by Gasteiger charge is 2.16. The number of amides is 1. The van der Waals surface area contributed by atoms with Gasteiger partial charge in [-0.05, 0) is 49.9 Å². The molecule has 0 aliphatic carbocycles. The van der Waals surface area contributed by atoms with E-state index in [4.69, 9.17) is 0 Å². The second-order valence-corrected chi connectivity index (χ2v) is 6.51. The van der Waals surface area contributed by atoms with Crippen LogP contribution in [-0.2, 0) is 11.2 Å². The lowest BCUT2D eigenvalue weighted by atomic mass is 10.1. The number of rotatable bonds is 8. The Morgan fingerprint density at radius 1 is 1.30 bits per heavy atom.